The topological polar surface area (TPSA) is 56.1 Å². The van der Waals surface area contributed by atoms with Gasteiger partial charge in [-0.05, 0) is 42.8 Å². The van der Waals surface area contributed by atoms with Crippen molar-refractivity contribution in [1.82, 2.24) is 15.1 Å². The van der Waals surface area contributed by atoms with Crippen LogP contribution in [0.3, 0.4) is 0 Å². The summed E-state index contributed by atoms with van der Waals surface area (Å²) in [5, 5.41) is 7.79. The molecule has 3 aromatic rings. The summed E-state index contributed by atoms with van der Waals surface area (Å²) < 4.78 is 34.7. The second-order valence-corrected chi connectivity index (χ2v) is 7.58. The summed E-state index contributed by atoms with van der Waals surface area (Å²) in [4.78, 5) is 11.9. The minimum absolute atomic E-state index is 0.490. The van der Waals surface area contributed by atoms with Gasteiger partial charge in [0.15, 0.2) is 0 Å². The standard InChI is InChI=1S/C20H20BrF2N3O2/c1-12(25-19(27)20(2,22)23)18(13-4-7-16(28-3)8-5-13)26-17-9-6-15(21)10-14(17)11-24-26/h4-12,18H,1-3H3,(H,25,27). The largest absolute Gasteiger partial charge is 0.497 e. The Morgan fingerprint density at radius 2 is 1.93 bits per heavy atom. The summed E-state index contributed by atoms with van der Waals surface area (Å²) in [7, 11) is 1.57. The molecule has 148 valence electrons. The first kappa shape index (κ1) is 20.3. The van der Waals surface area contributed by atoms with Crippen LogP contribution in [0, 0.1) is 0 Å². The van der Waals surface area contributed by atoms with E-state index in [0.29, 0.717) is 12.7 Å². The number of halogens is 3. The van der Waals surface area contributed by atoms with Gasteiger partial charge in [-0.2, -0.15) is 13.9 Å². The zero-order chi connectivity index (χ0) is 20.5. The van der Waals surface area contributed by atoms with Gasteiger partial charge in [0.05, 0.1) is 30.9 Å². The van der Waals surface area contributed by atoms with Crippen molar-refractivity contribution < 1.29 is 18.3 Å². The Labute approximate surface area is 169 Å². The van der Waals surface area contributed by atoms with E-state index >= 15 is 0 Å². The second-order valence-electron chi connectivity index (χ2n) is 6.66. The lowest BCUT2D eigenvalue weighted by Gasteiger charge is -2.27. The number of hydrogen-bond acceptors (Lipinski definition) is 3. The van der Waals surface area contributed by atoms with Crippen molar-refractivity contribution in [3.63, 3.8) is 0 Å². The lowest BCUT2D eigenvalue weighted by molar-refractivity contribution is -0.143. The molecule has 1 aromatic heterocycles. The number of fused-ring (bicyclic) bond motifs is 1. The number of nitrogens with zero attached hydrogens (tertiary/aromatic N) is 2. The molecule has 0 bridgehead atoms. The molecule has 1 amide bonds. The molecule has 0 radical (unpaired) electrons. The normalized spacial score (nSPS) is 13.9. The minimum Gasteiger partial charge on any atom is -0.497 e. The molecule has 2 aromatic carbocycles. The van der Waals surface area contributed by atoms with Gasteiger partial charge in [0, 0.05) is 16.8 Å². The predicted octanol–water partition coefficient (Wildman–Crippen LogP) is 4.56. The molecule has 1 N–H and O–H groups in total. The molecule has 0 saturated heterocycles. The number of amides is 1. The lowest BCUT2D eigenvalue weighted by Crippen LogP contribution is -2.46. The first-order valence-corrected chi connectivity index (χ1v) is 9.45. The van der Waals surface area contributed by atoms with Crippen LogP contribution in [0.2, 0.25) is 0 Å². The number of nitrogens with one attached hydrogen (secondary N) is 1. The van der Waals surface area contributed by atoms with E-state index in [2.05, 4.69) is 26.3 Å². The zero-order valence-electron chi connectivity index (χ0n) is 15.6. The quantitative estimate of drug-likeness (QED) is 0.597. The zero-order valence-corrected chi connectivity index (χ0v) is 17.2. The van der Waals surface area contributed by atoms with Gasteiger partial charge in [-0.15, -0.1) is 0 Å². The summed E-state index contributed by atoms with van der Waals surface area (Å²) in [6, 6.07) is 11.8. The summed E-state index contributed by atoms with van der Waals surface area (Å²) in [5.41, 5.74) is 1.63. The van der Waals surface area contributed by atoms with Crippen LogP contribution in [0.15, 0.2) is 53.1 Å². The van der Waals surface area contributed by atoms with Gasteiger partial charge in [0.2, 0.25) is 0 Å². The van der Waals surface area contributed by atoms with Crippen LogP contribution in [0.5, 0.6) is 5.75 Å². The van der Waals surface area contributed by atoms with E-state index in [4.69, 9.17) is 4.74 Å². The van der Waals surface area contributed by atoms with Crippen molar-refractivity contribution in [2.75, 3.05) is 7.11 Å². The van der Waals surface area contributed by atoms with E-state index in [0.717, 1.165) is 20.9 Å². The number of alkyl halides is 2. The van der Waals surface area contributed by atoms with Crippen LogP contribution in [-0.2, 0) is 4.79 Å². The Bertz CT molecular complexity index is 983. The first-order valence-electron chi connectivity index (χ1n) is 8.66. The highest BCUT2D eigenvalue weighted by Gasteiger charge is 2.35. The summed E-state index contributed by atoms with van der Waals surface area (Å²) in [5.74, 6) is -4.11. The number of benzene rings is 2. The molecule has 0 fully saturated rings. The Hall–Kier alpha value is -2.48. The lowest BCUT2D eigenvalue weighted by atomic mass is 9.99. The van der Waals surface area contributed by atoms with E-state index in [9.17, 15) is 13.6 Å². The molecule has 0 spiro atoms. The van der Waals surface area contributed by atoms with Gasteiger partial charge in [0.25, 0.3) is 5.91 Å². The number of methoxy groups -OCH3 is 1. The van der Waals surface area contributed by atoms with E-state index in [1.165, 1.54) is 0 Å². The number of carbonyl (C=O) groups is 1. The maximum atomic E-state index is 13.4. The molecule has 0 aliphatic rings. The summed E-state index contributed by atoms with van der Waals surface area (Å²) >= 11 is 3.43. The molecule has 28 heavy (non-hydrogen) atoms. The van der Waals surface area contributed by atoms with Crippen LogP contribution in [0.4, 0.5) is 8.78 Å². The van der Waals surface area contributed by atoms with Crippen LogP contribution >= 0.6 is 15.9 Å². The fourth-order valence-electron chi connectivity index (χ4n) is 3.10. The van der Waals surface area contributed by atoms with Crippen molar-refractivity contribution in [2.45, 2.75) is 31.9 Å². The molecular formula is C20H20BrF2N3O2. The van der Waals surface area contributed by atoms with Gasteiger partial charge < -0.3 is 10.1 Å². The third-order valence-corrected chi connectivity index (χ3v) is 5.00. The van der Waals surface area contributed by atoms with E-state index < -0.39 is 23.9 Å². The molecule has 5 nitrogen and oxygen atoms in total. The average Bonchev–Trinajstić information content (AvgIpc) is 3.04. The van der Waals surface area contributed by atoms with Crippen LogP contribution in [-0.4, -0.2) is 34.8 Å². The smallest absolute Gasteiger partial charge is 0.321 e. The monoisotopic (exact) mass is 451 g/mol. The molecule has 3 rings (SSSR count). The number of rotatable bonds is 6. The summed E-state index contributed by atoms with van der Waals surface area (Å²) in [6.07, 6.45) is 1.71. The second kappa shape index (κ2) is 7.87. The maximum Gasteiger partial charge on any atom is 0.321 e. The van der Waals surface area contributed by atoms with Gasteiger partial charge >= 0.3 is 5.92 Å². The molecule has 0 aliphatic carbocycles. The van der Waals surface area contributed by atoms with Gasteiger partial charge in [0.1, 0.15) is 5.75 Å². The molecule has 8 heteroatoms. The molecule has 0 saturated carbocycles. The van der Waals surface area contributed by atoms with Gasteiger partial charge in [-0.1, -0.05) is 28.1 Å². The molecular weight excluding hydrogens is 432 g/mol. The first-order chi connectivity index (χ1) is 13.2. The highest BCUT2D eigenvalue weighted by molar-refractivity contribution is 9.10. The minimum atomic E-state index is -3.46. The molecule has 2 unspecified atom stereocenters. The van der Waals surface area contributed by atoms with Crippen molar-refractivity contribution in [3.8, 4) is 5.75 Å². The third-order valence-electron chi connectivity index (χ3n) is 4.51. The highest BCUT2D eigenvalue weighted by atomic mass is 79.9. The molecule has 1 heterocycles. The Morgan fingerprint density at radius 3 is 2.54 bits per heavy atom. The SMILES string of the molecule is COc1ccc(C(C(C)NC(=O)C(C)(F)F)n2ncc3cc(Br)ccc32)cc1. The number of aromatic nitrogens is 2. The molecule has 0 aliphatic heterocycles. The number of carbonyl (C=O) groups excluding carboxylic acids is 1. The Morgan fingerprint density at radius 1 is 1.25 bits per heavy atom. The van der Waals surface area contributed by atoms with Gasteiger partial charge in [-0.25, -0.2) is 0 Å². The molecule has 2 atom stereocenters. The van der Waals surface area contributed by atoms with Crippen LogP contribution in [0.1, 0.15) is 25.5 Å². The van der Waals surface area contributed by atoms with Crippen molar-refractivity contribution >= 4 is 32.7 Å². The fraction of sp³-hybridized carbons (Fsp3) is 0.300. The van der Waals surface area contributed by atoms with Crippen LogP contribution < -0.4 is 10.1 Å². The predicted molar refractivity (Wildman–Crippen MR) is 107 cm³/mol. The Kier molecular flexibility index (Phi) is 5.69. The summed E-state index contributed by atoms with van der Waals surface area (Å²) in [6.45, 7) is 2.27. The number of ether oxygens (including phenoxy) is 1. The van der Waals surface area contributed by atoms with Crippen LogP contribution in [0.25, 0.3) is 10.9 Å². The van der Waals surface area contributed by atoms with E-state index in [1.54, 1.807) is 37.0 Å². The highest BCUT2D eigenvalue weighted by Crippen LogP contribution is 2.29. The fourth-order valence-corrected chi connectivity index (χ4v) is 3.48. The van der Waals surface area contributed by atoms with E-state index in [1.807, 2.05) is 30.3 Å². The Balaban J connectivity index is 2.06. The maximum absolute atomic E-state index is 13.4. The number of hydrogen-bond donors (Lipinski definition) is 1. The van der Waals surface area contributed by atoms with Crippen molar-refractivity contribution in [3.05, 3.63) is 58.7 Å². The third kappa shape index (κ3) is 4.16. The average molecular weight is 452 g/mol. The van der Waals surface area contributed by atoms with Crippen molar-refractivity contribution in [1.29, 1.82) is 0 Å². The van der Waals surface area contributed by atoms with E-state index in [-0.39, 0.29) is 0 Å². The van der Waals surface area contributed by atoms with Gasteiger partial charge in [-0.3, -0.25) is 9.48 Å². The van der Waals surface area contributed by atoms with Crippen molar-refractivity contribution in [2.24, 2.45) is 0 Å².